The zero-order chi connectivity index (χ0) is 17.0. The van der Waals surface area contributed by atoms with Gasteiger partial charge in [-0.1, -0.05) is 28.1 Å². The van der Waals surface area contributed by atoms with Crippen LogP contribution in [0.1, 0.15) is 44.6 Å². The molecule has 5 nitrogen and oxygen atoms in total. The molecule has 3 N–H and O–H groups in total. The van der Waals surface area contributed by atoms with Crippen LogP contribution in [0.5, 0.6) is 0 Å². The molecule has 0 aliphatic rings. The van der Waals surface area contributed by atoms with Crippen LogP contribution in [0.3, 0.4) is 0 Å². The third kappa shape index (κ3) is 3.71. The van der Waals surface area contributed by atoms with Gasteiger partial charge in [0.15, 0.2) is 5.78 Å². The molecule has 6 heteroatoms. The molecule has 1 aromatic carbocycles. The number of hydrogen-bond donors (Lipinski definition) is 2. The molecule has 0 spiro atoms. The van der Waals surface area contributed by atoms with Gasteiger partial charge in [-0.3, -0.25) is 4.79 Å². The van der Waals surface area contributed by atoms with E-state index in [1.807, 2.05) is 6.07 Å². The molecule has 0 fully saturated rings. The number of benzene rings is 1. The summed E-state index contributed by atoms with van der Waals surface area (Å²) in [5, 5.41) is 0. The SMILES string of the molecule is CCOC(=O)c1[nH]c(CCN)c(C(=O)c2cccc(Br)c2)c1C. The van der Waals surface area contributed by atoms with Crippen LogP contribution in [0.15, 0.2) is 28.7 Å². The number of carbonyl (C=O) groups is 2. The first-order valence-electron chi connectivity index (χ1n) is 7.38. The Hall–Kier alpha value is -1.92. The van der Waals surface area contributed by atoms with Gasteiger partial charge in [0.25, 0.3) is 0 Å². The smallest absolute Gasteiger partial charge is 0.355 e. The van der Waals surface area contributed by atoms with Gasteiger partial charge in [-0.05, 0) is 38.1 Å². The maximum atomic E-state index is 12.9. The summed E-state index contributed by atoms with van der Waals surface area (Å²) in [6.07, 6.45) is 0.481. The predicted octanol–water partition coefficient (Wildman–Crippen LogP) is 2.99. The maximum Gasteiger partial charge on any atom is 0.355 e. The zero-order valence-corrected chi connectivity index (χ0v) is 14.7. The van der Waals surface area contributed by atoms with Gasteiger partial charge in [-0.2, -0.15) is 0 Å². The quantitative estimate of drug-likeness (QED) is 0.597. The molecule has 122 valence electrons. The Morgan fingerprint density at radius 1 is 1.35 bits per heavy atom. The predicted molar refractivity (Wildman–Crippen MR) is 91.8 cm³/mol. The lowest BCUT2D eigenvalue weighted by atomic mass is 9.98. The van der Waals surface area contributed by atoms with Crippen molar-refractivity contribution in [2.45, 2.75) is 20.3 Å². The van der Waals surface area contributed by atoms with Crippen LogP contribution in [0, 0.1) is 6.92 Å². The summed E-state index contributed by atoms with van der Waals surface area (Å²) in [6, 6.07) is 7.15. The molecule has 0 aliphatic carbocycles. The molecule has 0 bridgehead atoms. The second-order valence-electron chi connectivity index (χ2n) is 5.08. The Kier molecular flexibility index (Phi) is 5.74. The van der Waals surface area contributed by atoms with E-state index in [4.69, 9.17) is 10.5 Å². The third-order valence-electron chi connectivity index (χ3n) is 3.52. The Bertz CT molecular complexity index is 737. The highest BCUT2D eigenvalue weighted by atomic mass is 79.9. The number of halogens is 1. The average Bonchev–Trinajstić information content (AvgIpc) is 2.84. The van der Waals surface area contributed by atoms with Crippen LogP contribution < -0.4 is 5.73 Å². The summed E-state index contributed by atoms with van der Waals surface area (Å²) < 4.78 is 5.86. The van der Waals surface area contributed by atoms with Crippen LogP contribution in [0.25, 0.3) is 0 Å². The van der Waals surface area contributed by atoms with Crippen LogP contribution >= 0.6 is 15.9 Å². The monoisotopic (exact) mass is 378 g/mol. The van der Waals surface area contributed by atoms with Gasteiger partial charge >= 0.3 is 5.97 Å². The van der Waals surface area contributed by atoms with Crippen molar-refractivity contribution >= 4 is 27.7 Å². The van der Waals surface area contributed by atoms with E-state index < -0.39 is 5.97 Å². The second-order valence-corrected chi connectivity index (χ2v) is 5.99. The number of ether oxygens (including phenoxy) is 1. The maximum absolute atomic E-state index is 12.9. The van der Waals surface area contributed by atoms with E-state index in [-0.39, 0.29) is 12.4 Å². The lowest BCUT2D eigenvalue weighted by Crippen LogP contribution is -2.10. The number of aromatic amines is 1. The van der Waals surface area contributed by atoms with Crippen LogP contribution in [-0.2, 0) is 11.2 Å². The number of hydrogen-bond acceptors (Lipinski definition) is 4. The summed E-state index contributed by atoms with van der Waals surface area (Å²) in [5.41, 5.74) is 8.25. The minimum absolute atomic E-state index is 0.140. The number of carbonyl (C=O) groups excluding carboxylic acids is 2. The van der Waals surface area contributed by atoms with E-state index in [0.717, 1.165) is 4.47 Å². The lowest BCUT2D eigenvalue weighted by molar-refractivity contribution is 0.0519. The van der Waals surface area contributed by atoms with Gasteiger partial charge in [-0.25, -0.2) is 4.79 Å². The number of ketones is 1. The van der Waals surface area contributed by atoms with E-state index in [9.17, 15) is 9.59 Å². The molecule has 2 aromatic rings. The molecule has 0 atom stereocenters. The first-order valence-corrected chi connectivity index (χ1v) is 8.17. The van der Waals surface area contributed by atoms with Gasteiger partial charge < -0.3 is 15.5 Å². The minimum atomic E-state index is -0.462. The third-order valence-corrected chi connectivity index (χ3v) is 4.01. The molecule has 0 radical (unpaired) electrons. The highest BCUT2D eigenvalue weighted by Gasteiger charge is 2.25. The molecule has 0 amide bonds. The molecular weight excluding hydrogens is 360 g/mol. The molecule has 2 rings (SSSR count). The minimum Gasteiger partial charge on any atom is -0.461 e. The zero-order valence-electron chi connectivity index (χ0n) is 13.1. The van der Waals surface area contributed by atoms with Gasteiger partial charge in [0.1, 0.15) is 5.69 Å². The van der Waals surface area contributed by atoms with E-state index >= 15 is 0 Å². The first kappa shape index (κ1) is 17.4. The highest BCUT2D eigenvalue weighted by Crippen LogP contribution is 2.24. The number of nitrogens with one attached hydrogen (secondary N) is 1. The van der Waals surface area contributed by atoms with E-state index in [0.29, 0.717) is 41.0 Å². The van der Waals surface area contributed by atoms with Crippen LogP contribution in [0.4, 0.5) is 0 Å². The van der Waals surface area contributed by atoms with Gasteiger partial charge in [0, 0.05) is 27.7 Å². The van der Waals surface area contributed by atoms with Gasteiger partial charge in [-0.15, -0.1) is 0 Å². The van der Waals surface area contributed by atoms with Crippen molar-refractivity contribution in [3.63, 3.8) is 0 Å². The average molecular weight is 379 g/mol. The standard InChI is InChI=1S/C17H19BrN2O3/c1-3-23-17(22)15-10(2)14(13(20-15)7-8-19)16(21)11-5-4-6-12(18)9-11/h4-6,9,20H,3,7-8,19H2,1-2H3. The van der Waals surface area contributed by atoms with Crippen molar-refractivity contribution < 1.29 is 14.3 Å². The molecule has 1 aromatic heterocycles. The van der Waals surface area contributed by atoms with E-state index in [1.54, 1.807) is 32.0 Å². The van der Waals surface area contributed by atoms with Crippen molar-refractivity contribution in [1.82, 2.24) is 4.98 Å². The fourth-order valence-corrected chi connectivity index (χ4v) is 2.88. The van der Waals surface area contributed by atoms with Crippen molar-refractivity contribution in [1.29, 1.82) is 0 Å². The fourth-order valence-electron chi connectivity index (χ4n) is 2.48. The fraction of sp³-hybridized carbons (Fsp3) is 0.294. The Balaban J connectivity index is 2.51. The van der Waals surface area contributed by atoms with E-state index in [1.165, 1.54) is 0 Å². The largest absolute Gasteiger partial charge is 0.461 e. The first-order chi connectivity index (χ1) is 11.0. The Labute approximate surface area is 143 Å². The summed E-state index contributed by atoms with van der Waals surface area (Å²) >= 11 is 3.37. The topological polar surface area (TPSA) is 85.2 Å². The number of aromatic nitrogens is 1. The van der Waals surface area contributed by atoms with Crippen LogP contribution in [-0.4, -0.2) is 29.9 Å². The molecule has 0 aliphatic heterocycles. The molecule has 0 unspecified atom stereocenters. The Morgan fingerprint density at radius 2 is 2.09 bits per heavy atom. The highest BCUT2D eigenvalue weighted by molar-refractivity contribution is 9.10. The Morgan fingerprint density at radius 3 is 2.70 bits per heavy atom. The van der Waals surface area contributed by atoms with Crippen molar-refractivity contribution in [2.24, 2.45) is 5.73 Å². The van der Waals surface area contributed by atoms with Gasteiger partial charge in [0.05, 0.1) is 6.61 Å². The lowest BCUT2D eigenvalue weighted by Gasteiger charge is -2.05. The molecule has 0 saturated heterocycles. The summed E-state index contributed by atoms with van der Waals surface area (Å²) in [5.74, 6) is -0.601. The van der Waals surface area contributed by atoms with Crippen molar-refractivity contribution in [3.05, 3.63) is 56.8 Å². The number of esters is 1. The van der Waals surface area contributed by atoms with E-state index in [2.05, 4.69) is 20.9 Å². The van der Waals surface area contributed by atoms with Gasteiger partial charge in [0.2, 0.25) is 0 Å². The summed E-state index contributed by atoms with van der Waals surface area (Å²) in [6.45, 7) is 4.14. The molecule has 1 heterocycles. The number of nitrogens with two attached hydrogens (primary N) is 1. The molecular formula is C17H19BrN2O3. The normalized spacial score (nSPS) is 10.6. The number of H-pyrrole nitrogens is 1. The van der Waals surface area contributed by atoms with Crippen LogP contribution in [0.2, 0.25) is 0 Å². The van der Waals surface area contributed by atoms with Crippen molar-refractivity contribution in [3.8, 4) is 0 Å². The van der Waals surface area contributed by atoms with Crippen molar-refractivity contribution in [2.75, 3.05) is 13.2 Å². The summed E-state index contributed by atoms with van der Waals surface area (Å²) in [4.78, 5) is 27.9. The summed E-state index contributed by atoms with van der Waals surface area (Å²) in [7, 11) is 0. The number of rotatable bonds is 6. The molecule has 23 heavy (non-hydrogen) atoms. The second kappa shape index (κ2) is 7.57. The molecule has 0 saturated carbocycles.